The summed E-state index contributed by atoms with van der Waals surface area (Å²) >= 11 is 3.22. The van der Waals surface area contributed by atoms with Gasteiger partial charge in [-0.15, -0.1) is 0 Å². The van der Waals surface area contributed by atoms with E-state index in [0.29, 0.717) is 10.2 Å². The van der Waals surface area contributed by atoms with Gasteiger partial charge >= 0.3 is 0 Å². The summed E-state index contributed by atoms with van der Waals surface area (Å²) in [6, 6.07) is 1.60. The first-order chi connectivity index (χ1) is 7.36. The number of pyridine rings is 1. The number of aromatic nitrogens is 1. The van der Waals surface area contributed by atoms with Crippen molar-refractivity contribution in [3.8, 4) is 5.88 Å². The Balaban J connectivity index is 3.10. The number of sulfonamides is 1. The van der Waals surface area contributed by atoms with E-state index in [1.54, 1.807) is 19.9 Å². The largest absolute Gasteiger partial charge is 0.479 e. The van der Waals surface area contributed by atoms with Crippen molar-refractivity contribution >= 4 is 31.6 Å². The molecule has 1 aromatic rings. The Kier molecular flexibility index (Phi) is 4.15. The molecule has 5 nitrogen and oxygen atoms in total. The van der Waals surface area contributed by atoms with Crippen LogP contribution in [0.4, 0.5) is 5.69 Å². The number of anilines is 1. The Labute approximate surface area is 103 Å². The van der Waals surface area contributed by atoms with E-state index in [1.165, 1.54) is 13.3 Å². The highest BCUT2D eigenvalue weighted by molar-refractivity contribution is 9.10. The molecule has 0 saturated carbocycles. The minimum atomic E-state index is -3.39. The summed E-state index contributed by atoms with van der Waals surface area (Å²) in [5, 5.41) is -0.517. The smallest absolute Gasteiger partial charge is 0.238 e. The lowest BCUT2D eigenvalue weighted by atomic mass is 10.4. The van der Waals surface area contributed by atoms with Crippen molar-refractivity contribution in [1.29, 1.82) is 0 Å². The number of methoxy groups -OCH3 is 1. The third-order valence-electron chi connectivity index (χ3n) is 1.88. The van der Waals surface area contributed by atoms with Crippen LogP contribution in [0.25, 0.3) is 0 Å². The zero-order valence-electron chi connectivity index (χ0n) is 9.19. The van der Waals surface area contributed by atoms with Crippen LogP contribution >= 0.6 is 15.9 Å². The lowest BCUT2D eigenvalue weighted by Crippen LogP contribution is -2.22. The molecule has 0 radical (unpaired) electrons. The third-order valence-corrected chi connectivity index (χ3v) is 4.06. The van der Waals surface area contributed by atoms with Crippen molar-refractivity contribution in [2.24, 2.45) is 0 Å². The highest BCUT2D eigenvalue weighted by atomic mass is 79.9. The molecule has 16 heavy (non-hydrogen) atoms. The Morgan fingerprint density at radius 2 is 2.12 bits per heavy atom. The van der Waals surface area contributed by atoms with E-state index in [9.17, 15) is 8.42 Å². The van der Waals surface area contributed by atoms with Gasteiger partial charge in [0, 0.05) is 10.7 Å². The standard InChI is InChI=1S/C9H13BrN2O3S/c1-6(2)16(13,14)12-8-4-7(10)5-11-9(8)15-3/h4-6,12H,1-3H3. The van der Waals surface area contributed by atoms with E-state index in [-0.39, 0.29) is 5.88 Å². The molecule has 1 N–H and O–H groups in total. The van der Waals surface area contributed by atoms with Crippen molar-refractivity contribution in [2.45, 2.75) is 19.1 Å². The summed E-state index contributed by atoms with van der Waals surface area (Å²) in [5.74, 6) is 0.243. The molecule has 0 amide bonds. The molecule has 0 aliphatic carbocycles. The van der Waals surface area contributed by atoms with E-state index in [4.69, 9.17) is 4.74 Å². The minimum Gasteiger partial charge on any atom is -0.479 e. The summed E-state index contributed by atoms with van der Waals surface area (Å²) in [6.45, 7) is 3.19. The molecule has 0 fully saturated rings. The number of nitrogens with zero attached hydrogens (tertiary/aromatic N) is 1. The van der Waals surface area contributed by atoms with Crippen molar-refractivity contribution in [1.82, 2.24) is 4.98 Å². The van der Waals surface area contributed by atoms with E-state index < -0.39 is 15.3 Å². The van der Waals surface area contributed by atoms with Crippen molar-refractivity contribution < 1.29 is 13.2 Å². The second kappa shape index (κ2) is 5.01. The molecule has 90 valence electrons. The Morgan fingerprint density at radius 3 is 2.62 bits per heavy atom. The normalized spacial score (nSPS) is 11.6. The number of hydrogen-bond donors (Lipinski definition) is 1. The van der Waals surface area contributed by atoms with Gasteiger partial charge in [0.05, 0.1) is 12.4 Å². The number of halogens is 1. The molecule has 1 heterocycles. The quantitative estimate of drug-likeness (QED) is 0.923. The van der Waals surface area contributed by atoms with Crippen LogP contribution in [0.1, 0.15) is 13.8 Å². The van der Waals surface area contributed by atoms with Crippen LogP contribution in [0.2, 0.25) is 0 Å². The summed E-state index contributed by atoms with van der Waals surface area (Å²) in [5.41, 5.74) is 0.325. The predicted molar refractivity (Wildman–Crippen MR) is 66.2 cm³/mol. The van der Waals surface area contributed by atoms with Crippen LogP contribution in [0.3, 0.4) is 0 Å². The molecule has 0 aliphatic heterocycles. The number of rotatable bonds is 4. The summed E-state index contributed by atoms with van der Waals surface area (Å²) in [7, 11) is -1.96. The van der Waals surface area contributed by atoms with Gasteiger partial charge in [0.25, 0.3) is 0 Å². The van der Waals surface area contributed by atoms with Crippen molar-refractivity contribution in [2.75, 3.05) is 11.8 Å². The number of hydrogen-bond acceptors (Lipinski definition) is 4. The van der Waals surface area contributed by atoms with Crippen LogP contribution < -0.4 is 9.46 Å². The van der Waals surface area contributed by atoms with Crippen molar-refractivity contribution in [3.63, 3.8) is 0 Å². The molecule has 0 saturated heterocycles. The first-order valence-corrected chi connectivity index (χ1v) is 6.92. The van der Waals surface area contributed by atoms with Gasteiger partial charge in [-0.3, -0.25) is 4.72 Å². The Morgan fingerprint density at radius 1 is 1.50 bits per heavy atom. The van der Waals surface area contributed by atoms with E-state index >= 15 is 0 Å². The maximum atomic E-state index is 11.7. The average molecular weight is 309 g/mol. The third kappa shape index (κ3) is 3.08. The van der Waals surface area contributed by atoms with E-state index in [2.05, 4.69) is 25.6 Å². The molecule has 0 aliphatic rings. The second-order valence-corrected chi connectivity index (χ2v) is 6.56. The van der Waals surface area contributed by atoms with E-state index in [0.717, 1.165) is 0 Å². The van der Waals surface area contributed by atoms with E-state index in [1.807, 2.05) is 0 Å². The lowest BCUT2D eigenvalue weighted by molar-refractivity contribution is 0.400. The van der Waals surface area contributed by atoms with Gasteiger partial charge in [-0.05, 0) is 35.8 Å². The fourth-order valence-corrected chi connectivity index (χ4v) is 1.95. The van der Waals surface area contributed by atoms with Gasteiger partial charge in [-0.2, -0.15) is 0 Å². The van der Waals surface area contributed by atoms with Crippen LogP contribution in [0.15, 0.2) is 16.7 Å². The Bertz CT molecular complexity index is 474. The predicted octanol–water partition coefficient (Wildman–Crippen LogP) is 2.00. The Hall–Kier alpha value is -0.820. The maximum Gasteiger partial charge on any atom is 0.238 e. The molecular weight excluding hydrogens is 296 g/mol. The van der Waals surface area contributed by atoms with Crippen LogP contribution in [0, 0.1) is 0 Å². The molecule has 1 rings (SSSR count). The van der Waals surface area contributed by atoms with Gasteiger partial charge in [-0.1, -0.05) is 0 Å². The van der Waals surface area contributed by atoms with Crippen LogP contribution in [0.5, 0.6) is 5.88 Å². The molecule has 1 aromatic heterocycles. The fraction of sp³-hybridized carbons (Fsp3) is 0.444. The van der Waals surface area contributed by atoms with Gasteiger partial charge in [0.15, 0.2) is 0 Å². The highest BCUT2D eigenvalue weighted by Crippen LogP contribution is 2.26. The molecule has 0 aromatic carbocycles. The topological polar surface area (TPSA) is 68.3 Å². The van der Waals surface area contributed by atoms with Gasteiger partial charge < -0.3 is 4.74 Å². The molecule has 7 heteroatoms. The number of nitrogens with one attached hydrogen (secondary N) is 1. The first-order valence-electron chi connectivity index (χ1n) is 4.58. The molecule has 0 bridgehead atoms. The van der Waals surface area contributed by atoms with Gasteiger partial charge in [0.1, 0.15) is 5.69 Å². The maximum absolute atomic E-state index is 11.7. The molecular formula is C9H13BrN2O3S. The average Bonchev–Trinajstić information content (AvgIpc) is 2.17. The number of ether oxygens (including phenoxy) is 1. The molecule has 0 unspecified atom stereocenters. The zero-order valence-corrected chi connectivity index (χ0v) is 11.6. The van der Waals surface area contributed by atoms with Crippen LogP contribution in [-0.4, -0.2) is 25.8 Å². The van der Waals surface area contributed by atoms with Gasteiger partial charge in [0.2, 0.25) is 15.9 Å². The summed E-state index contributed by atoms with van der Waals surface area (Å²) in [6.07, 6.45) is 1.53. The highest BCUT2D eigenvalue weighted by Gasteiger charge is 2.18. The minimum absolute atomic E-state index is 0.243. The first kappa shape index (κ1) is 13.2. The summed E-state index contributed by atoms with van der Waals surface area (Å²) in [4.78, 5) is 3.94. The SMILES string of the molecule is COc1ncc(Br)cc1NS(=O)(=O)C(C)C. The second-order valence-electron chi connectivity index (χ2n) is 3.41. The zero-order chi connectivity index (χ0) is 12.3. The van der Waals surface area contributed by atoms with Crippen LogP contribution in [-0.2, 0) is 10.0 Å². The monoisotopic (exact) mass is 308 g/mol. The lowest BCUT2D eigenvalue weighted by Gasteiger charge is -2.13. The van der Waals surface area contributed by atoms with Crippen molar-refractivity contribution in [3.05, 3.63) is 16.7 Å². The summed E-state index contributed by atoms with van der Waals surface area (Å²) < 4.78 is 31.4. The molecule has 0 spiro atoms. The van der Waals surface area contributed by atoms with Gasteiger partial charge in [-0.25, -0.2) is 13.4 Å². The fourth-order valence-electron chi connectivity index (χ4n) is 0.934. The molecule has 0 atom stereocenters.